The van der Waals surface area contributed by atoms with Gasteiger partial charge in [-0.25, -0.2) is 0 Å². The van der Waals surface area contributed by atoms with Gasteiger partial charge in [-0.1, -0.05) is 0 Å². The molecular weight excluding hydrogens is 252 g/mol. The Morgan fingerprint density at radius 3 is 1.75 bits per heavy atom. The molecule has 0 bridgehead atoms. The van der Waals surface area contributed by atoms with Gasteiger partial charge >= 0.3 is 31.6 Å². The van der Waals surface area contributed by atoms with Crippen LogP contribution in [0.1, 0.15) is 0 Å². The van der Waals surface area contributed by atoms with Crippen LogP contribution in [-0.2, 0) is 21.1 Å². The van der Waals surface area contributed by atoms with Gasteiger partial charge in [0.1, 0.15) is 0 Å². The maximum Gasteiger partial charge on any atom is 0 e. The van der Waals surface area contributed by atoms with E-state index in [4.69, 9.17) is 0 Å². The molecule has 0 aliphatic carbocycles. The Balaban J connectivity index is 0. The molecule has 0 atom stereocenters. The van der Waals surface area contributed by atoms with Crippen LogP contribution < -0.4 is 0 Å². The van der Waals surface area contributed by atoms with Crippen LogP contribution in [0.15, 0.2) is 0 Å². The molecule has 25 valence electrons. The summed E-state index contributed by atoms with van der Waals surface area (Å²) < 4.78 is 2.19. The van der Waals surface area contributed by atoms with E-state index in [0.29, 0.717) is 0 Å². The van der Waals surface area contributed by atoms with Crippen LogP contribution in [0.3, 0.4) is 0 Å². The average Bonchev–Trinajstić information content (AvgIpc) is 0.918. The Kier molecular flexibility index (Phi) is 20.5. The van der Waals surface area contributed by atoms with Crippen molar-refractivity contribution in [1.82, 2.24) is 0 Å². The molecule has 0 heterocycles. The summed E-state index contributed by atoms with van der Waals surface area (Å²) in [6.07, 6.45) is 4.57. The fraction of sp³-hybridized carbons (Fsp3) is 0. The minimum absolute atomic E-state index is 0. The molecule has 0 aromatic heterocycles. The summed E-state index contributed by atoms with van der Waals surface area (Å²) >= 11 is 1.96. The van der Waals surface area contributed by atoms with Gasteiger partial charge in [-0.15, -0.1) is 0 Å². The molecule has 0 saturated heterocycles. The summed E-state index contributed by atoms with van der Waals surface area (Å²) in [7, 11) is 0. The molecule has 0 amide bonds. The quantitative estimate of drug-likeness (QED) is 0.343. The SMILES string of the molecule is C#[C][Au].[P]. The van der Waals surface area contributed by atoms with E-state index < -0.39 is 0 Å². The first-order chi connectivity index (χ1) is 1.41. The second-order valence-corrected chi connectivity index (χ2v) is 0.712. The maximum absolute atomic E-state index is 4.57. The van der Waals surface area contributed by atoms with E-state index in [1.807, 2.05) is 21.1 Å². The van der Waals surface area contributed by atoms with Crippen molar-refractivity contribution in [3.8, 4) is 10.6 Å². The maximum atomic E-state index is 4.57. The summed E-state index contributed by atoms with van der Waals surface area (Å²) in [6, 6.07) is 0. The number of terminal acetylenes is 1. The third-order valence-corrected chi connectivity index (χ3v) is 0. The number of rotatable bonds is 0. The molecule has 0 rings (SSSR count). The third kappa shape index (κ3) is 15.3. The standard InChI is InChI=1S/C2H.Au.P/c1-2;;/h1H;;. The van der Waals surface area contributed by atoms with Gasteiger partial charge in [0.2, 0.25) is 0 Å². The van der Waals surface area contributed by atoms with Crippen LogP contribution in [0, 0.1) is 10.6 Å². The van der Waals surface area contributed by atoms with E-state index in [2.05, 4.69) is 10.6 Å². The molecule has 0 spiro atoms. The average molecular weight is 253 g/mol. The molecular formula is C2HAuP. The molecule has 0 aromatic rings. The number of hydrogen-bond acceptors (Lipinski definition) is 0. The van der Waals surface area contributed by atoms with Crippen molar-refractivity contribution in [2.45, 2.75) is 0 Å². The largest absolute Gasteiger partial charge is 0 e. The van der Waals surface area contributed by atoms with Crippen LogP contribution in [0.2, 0.25) is 0 Å². The molecule has 0 saturated carbocycles. The van der Waals surface area contributed by atoms with Gasteiger partial charge in [0.15, 0.2) is 0 Å². The van der Waals surface area contributed by atoms with Crippen LogP contribution in [0.25, 0.3) is 0 Å². The molecule has 0 aromatic carbocycles. The van der Waals surface area contributed by atoms with Crippen molar-refractivity contribution in [2.75, 3.05) is 0 Å². The summed E-state index contributed by atoms with van der Waals surface area (Å²) in [5, 5.41) is 0. The molecule has 2 heteroatoms. The molecule has 0 aliphatic rings. The Bertz CT molecular complexity index is 27.5. The van der Waals surface area contributed by atoms with Crippen molar-refractivity contribution in [2.24, 2.45) is 0 Å². The normalized spacial score (nSPS) is 2.25. The van der Waals surface area contributed by atoms with Crippen LogP contribution in [0.4, 0.5) is 0 Å². The minimum Gasteiger partial charge on any atom is 0 e. The van der Waals surface area contributed by atoms with E-state index in [9.17, 15) is 0 Å². The van der Waals surface area contributed by atoms with Gasteiger partial charge < -0.3 is 0 Å². The molecule has 0 aliphatic heterocycles. The van der Waals surface area contributed by atoms with Gasteiger partial charge in [-0.3, -0.25) is 0 Å². The summed E-state index contributed by atoms with van der Waals surface area (Å²) in [4.78, 5) is 0. The Morgan fingerprint density at radius 1 is 1.75 bits per heavy atom. The Hall–Kier alpha value is 0.730. The molecule has 3 radical (unpaired) electrons. The van der Waals surface area contributed by atoms with Gasteiger partial charge in [-0.05, 0) is 0 Å². The van der Waals surface area contributed by atoms with Crippen molar-refractivity contribution < 1.29 is 21.1 Å². The predicted octanol–water partition coefficient (Wildman–Crippen LogP) is 0.985. The fourth-order valence-electron chi connectivity index (χ4n) is 0. The molecule has 0 fully saturated rings. The van der Waals surface area contributed by atoms with Gasteiger partial charge in [0.25, 0.3) is 0 Å². The van der Waals surface area contributed by atoms with E-state index in [0.717, 1.165) is 0 Å². The fourth-order valence-corrected chi connectivity index (χ4v) is 0. The molecule has 0 nitrogen and oxygen atoms in total. The van der Waals surface area contributed by atoms with Gasteiger partial charge in [0.05, 0.1) is 0 Å². The smallest absolute Gasteiger partial charge is 0 e. The first kappa shape index (κ1) is 8.83. The van der Waals surface area contributed by atoms with E-state index in [1.165, 1.54) is 0 Å². The first-order valence-corrected chi connectivity index (χ1v) is 1.52. The first-order valence-electron chi connectivity index (χ1n) is 0.439. The zero-order valence-electron chi connectivity index (χ0n) is 1.83. The summed E-state index contributed by atoms with van der Waals surface area (Å²) in [6.45, 7) is 0. The van der Waals surface area contributed by atoms with Gasteiger partial charge in [-0.2, -0.15) is 0 Å². The second kappa shape index (κ2) is 9.29. The van der Waals surface area contributed by atoms with Crippen molar-refractivity contribution in [3.05, 3.63) is 0 Å². The van der Waals surface area contributed by atoms with Crippen LogP contribution in [-0.4, -0.2) is 0 Å². The molecule has 0 unspecified atom stereocenters. The summed E-state index contributed by atoms with van der Waals surface area (Å²) in [5.41, 5.74) is 0. The molecule has 0 N–H and O–H groups in total. The van der Waals surface area contributed by atoms with E-state index in [-0.39, 0.29) is 9.90 Å². The zero-order chi connectivity index (χ0) is 2.71. The Labute approximate surface area is 41.9 Å². The third-order valence-electron chi connectivity index (χ3n) is 0. The van der Waals surface area contributed by atoms with Crippen LogP contribution in [0.5, 0.6) is 0 Å². The predicted molar refractivity (Wildman–Crippen MR) is 15.8 cm³/mol. The Morgan fingerprint density at radius 2 is 1.75 bits per heavy atom. The van der Waals surface area contributed by atoms with Crippen molar-refractivity contribution >= 4 is 9.90 Å². The van der Waals surface area contributed by atoms with Crippen molar-refractivity contribution in [1.29, 1.82) is 0 Å². The van der Waals surface area contributed by atoms with Crippen LogP contribution >= 0.6 is 9.90 Å². The zero-order valence-corrected chi connectivity index (χ0v) is 4.89. The van der Waals surface area contributed by atoms with E-state index >= 15 is 0 Å². The van der Waals surface area contributed by atoms with Gasteiger partial charge in [0, 0.05) is 9.90 Å². The van der Waals surface area contributed by atoms with E-state index in [1.54, 1.807) is 0 Å². The monoisotopic (exact) mass is 253 g/mol. The minimum atomic E-state index is 0. The second-order valence-electron chi connectivity index (χ2n) is 0.0870. The number of hydrogen-bond donors (Lipinski definition) is 0. The van der Waals surface area contributed by atoms with Crippen molar-refractivity contribution in [3.63, 3.8) is 0 Å². The topological polar surface area (TPSA) is 0 Å². The summed E-state index contributed by atoms with van der Waals surface area (Å²) in [5.74, 6) is 0. The molecule has 4 heavy (non-hydrogen) atoms.